The van der Waals surface area contributed by atoms with Crippen molar-refractivity contribution in [2.45, 2.75) is 12.8 Å². The average molecular weight is 184 g/mol. The Morgan fingerprint density at radius 1 is 1.55 bits per heavy atom. The second-order valence-corrected chi connectivity index (χ2v) is 3.27. The SMILES string of the molecule is FC(F)CN1CCC(CCl)C1. The zero-order valence-electron chi connectivity index (χ0n) is 6.27. The Morgan fingerprint density at radius 2 is 2.27 bits per heavy atom. The molecule has 1 atom stereocenters. The van der Waals surface area contributed by atoms with Crippen LogP contribution in [0.1, 0.15) is 6.42 Å². The minimum absolute atomic E-state index is 0.0899. The number of rotatable bonds is 3. The zero-order chi connectivity index (χ0) is 8.27. The molecule has 1 aliphatic rings. The lowest BCUT2D eigenvalue weighted by Crippen LogP contribution is -2.26. The summed E-state index contributed by atoms with van der Waals surface area (Å²) < 4.78 is 23.7. The van der Waals surface area contributed by atoms with Crippen molar-refractivity contribution in [1.82, 2.24) is 4.90 Å². The fraction of sp³-hybridized carbons (Fsp3) is 1.00. The first-order valence-corrected chi connectivity index (χ1v) is 4.32. The Bertz CT molecular complexity index is 121. The van der Waals surface area contributed by atoms with Gasteiger partial charge < -0.3 is 0 Å². The van der Waals surface area contributed by atoms with Gasteiger partial charge in [0.15, 0.2) is 0 Å². The molecule has 0 aromatic rings. The molecule has 0 amide bonds. The second kappa shape index (κ2) is 4.21. The summed E-state index contributed by atoms with van der Waals surface area (Å²) in [6.07, 6.45) is -1.24. The van der Waals surface area contributed by atoms with E-state index in [0.29, 0.717) is 11.8 Å². The molecule has 0 aromatic carbocycles. The standard InChI is InChI=1S/C7H12ClF2N/c8-3-6-1-2-11(4-6)5-7(9)10/h6-7H,1-5H2. The third kappa shape index (κ3) is 2.91. The first-order chi connectivity index (χ1) is 5.22. The van der Waals surface area contributed by atoms with Crippen LogP contribution in [0.5, 0.6) is 0 Å². The van der Waals surface area contributed by atoms with Crippen molar-refractivity contribution in [3.8, 4) is 0 Å². The molecule has 66 valence electrons. The first-order valence-electron chi connectivity index (χ1n) is 3.79. The van der Waals surface area contributed by atoms with Crippen LogP contribution in [0.4, 0.5) is 8.78 Å². The smallest absolute Gasteiger partial charge is 0.251 e. The number of likely N-dealkylation sites (tertiary alicyclic amines) is 1. The highest BCUT2D eigenvalue weighted by Crippen LogP contribution is 2.17. The highest BCUT2D eigenvalue weighted by atomic mass is 35.5. The van der Waals surface area contributed by atoms with Gasteiger partial charge in [0.05, 0.1) is 6.54 Å². The van der Waals surface area contributed by atoms with Crippen molar-refractivity contribution in [2.24, 2.45) is 5.92 Å². The topological polar surface area (TPSA) is 3.24 Å². The van der Waals surface area contributed by atoms with E-state index in [1.807, 2.05) is 0 Å². The lowest BCUT2D eigenvalue weighted by molar-refractivity contribution is 0.0983. The maximum absolute atomic E-state index is 11.8. The third-order valence-corrected chi connectivity index (χ3v) is 2.42. The molecule has 0 aliphatic carbocycles. The highest BCUT2D eigenvalue weighted by Gasteiger charge is 2.23. The number of hydrogen-bond donors (Lipinski definition) is 0. The van der Waals surface area contributed by atoms with E-state index >= 15 is 0 Å². The molecule has 0 N–H and O–H groups in total. The molecule has 1 unspecified atom stereocenters. The summed E-state index contributed by atoms with van der Waals surface area (Å²) in [6, 6.07) is 0. The third-order valence-electron chi connectivity index (χ3n) is 1.98. The zero-order valence-corrected chi connectivity index (χ0v) is 7.03. The molecule has 11 heavy (non-hydrogen) atoms. The van der Waals surface area contributed by atoms with Gasteiger partial charge in [-0.15, -0.1) is 11.6 Å². The summed E-state index contributed by atoms with van der Waals surface area (Å²) >= 11 is 5.60. The van der Waals surface area contributed by atoms with Gasteiger partial charge in [0.1, 0.15) is 0 Å². The normalized spacial score (nSPS) is 26.7. The minimum atomic E-state index is -2.20. The van der Waals surface area contributed by atoms with Gasteiger partial charge in [-0.25, -0.2) is 8.78 Å². The van der Waals surface area contributed by atoms with Gasteiger partial charge >= 0.3 is 0 Å². The van der Waals surface area contributed by atoms with Crippen molar-refractivity contribution >= 4 is 11.6 Å². The van der Waals surface area contributed by atoms with Crippen LogP contribution in [0.2, 0.25) is 0 Å². The van der Waals surface area contributed by atoms with Gasteiger partial charge in [-0.3, -0.25) is 4.90 Å². The molecule has 1 rings (SSSR count). The van der Waals surface area contributed by atoms with E-state index in [-0.39, 0.29) is 6.54 Å². The second-order valence-electron chi connectivity index (χ2n) is 2.96. The quantitative estimate of drug-likeness (QED) is 0.604. The Balaban J connectivity index is 2.19. The van der Waals surface area contributed by atoms with Gasteiger partial charge in [-0.1, -0.05) is 0 Å². The Morgan fingerprint density at radius 3 is 2.73 bits per heavy atom. The van der Waals surface area contributed by atoms with Gasteiger partial charge in [0, 0.05) is 12.4 Å². The van der Waals surface area contributed by atoms with Crippen LogP contribution in [0.15, 0.2) is 0 Å². The largest absolute Gasteiger partial charge is 0.297 e. The highest BCUT2D eigenvalue weighted by molar-refractivity contribution is 6.18. The van der Waals surface area contributed by atoms with Crippen LogP contribution in [0.3, 0.4) is 0 Å². The molecule has 1 heterocycles. The maximum atomic E-state index is 11.8. The molecule has 1 fully saturated rings. The summed E-state index contributed by atoms with van der Waals surface area (Å²) in [5, 5.41) is 0. The van der Waals surface area contributed by atoms with Gasteiger partial charge in [0.25, 0.3) is 6.43 Å². The average Bonchev–Trinajstić information content (AvgIpc) is 2.34. The molecule has 1 aliphatic heterocycles. The Labute approximate surface area is 70.3 Å². The summed E-state index contributed by atoms with van der Waals surface area (Å²) in [5.74, 6) is 1.02. The van der Waals surface area contributed by atoms with Crippen LogP contribution in [0.25, 0.3) is 0 Å². The van der Waals surface area contributed by atoms with Crippen LogP contribution in [0, 0.1) is 5.92 Å². The fourth-order valence-corrected chi connectivity index (χ4v) is 1.65. The monoisotopic (exact) mass is 183 g/mol. The van der Waals surface area contributed by atoms with Crippen LogP contribution < -0.4 is 0 Å². The van der Waals surface area contributed by atoms with Gasteiger partial charge in [0.2, 0.25) is 0 Å². The predicted molar refractivity (Wildman–Crippen MR) is 41.3 cm³/mol. The number of halogens is 3. The molecule has 0 aromatic heterocycles. The maximum Gasteiger partial charge on any atom is 0.251 e. The number of alkyl halides is 3. The number of hydrogen-bond acceptors (Lipinski definition) is 1. The molecule has 0 spiro atoms. The van der Waals surface area contributed by atoms with E-state index in [1.54, 1.807) is 4.90 Å². The van der Waals surface area contributed by atoms with Crippen molar-refractivity contribution in [2.75, 3.05) is 25.5 Å². The summed E-state index contributed by atoms with van der Waals surface area (Å²) in [4.78, 5) is 1.78. The lowest BCUT2D eigenvalue weighted by atomic mass is 10.2. The fourth-order valence-electron chi connectivity index (χ4n) is 1.40. The van der Waals surface area contributed by atoms with E-state index in [4.69, 9.17) is 11.6 Å². The Hall–Kier alpha value is 0.110. The van der Waals surface area contributed by atoms with Crippen LogP contribution >= 0.6 is 11.6 Å². The molecule has 0 bridgehead atoms. The van der Waals surface area contributed by atoms with E-state index in [0.717, 1.165) is 19.5 Å². The predicted octanol–water partition coefficient (Wildman–Crippen LogP) is 1.81. The molecule has 0 radical (unpaired) electrons. The van der Waals surface area contributed by atoms with Crippen LogP contribution in [-0.4, -0.2) is 36.8 Å². The summed E-state index contributed by atoms with van der Waals surface area (Å²) in [5.41, 5.74) is 0. The van der Waals surface area contributed by atoms with Gasteiger partial charge in [-0.2, -0.15) is 0 Å². The summed E-state index contributed by atoms with van der Waals surface area (Å²) in [7, 11) is 0. The van der Waals surface area contributed by atoms with Crippen molar-refractivity contribution in [1.29, 1.82) is 0 Å². The summed E-state index contributed by atoms with van der Waals surface area (Å²) in [6.45, 7) is 1.43. The molecule has 4 heteroatoms. The first kappa shape index (κ1) is 9.20. The number of nitrogens with zero attached hydrogens (tertiary/aromatic N) is 1. The lowest BCUT2D eigenvalue weighted by Gasteiger charge is -2.13. The van der Waals surface area contributed by atoms with E-state index in [9.17, 15) is 8.78 Å². The molecule has 1 saturated heterocycles. The molecule has 1 nitrogen and oxygen atoms in total. The van der Waals surface area contributed by atoms with Crippen LogP contribution in [-0.2, 0) is 0 Å². The van der Waals surface area contributed by atoms with Crippen molar-refractivity contribution < 1.29 is 8.78 Å². The van der Waals surface area contributed by atoms with Gasteiger partial charge in [-0.05, 0) is 18.9 Å². The van der Waals surface area contributed by atoms with Crippen molar-refractivity contribution in [3.05, 3.63) is 0 Å². The van der Waals surface area contributed by atoms with E-state index in [2.05, 4.69) is 0 Å². The molecule has 0 saturated carbocycles. The van der Waals surface area contributed by atoms with E-state index in [1.165, 1.54) is 0 Å². The molecular formula is C7H12ClF2N. The van der Waals surface area contributed by atoms with Crippen molar-refractivity contribution in [3.63, 3.8) is 0 Å². The molecular weight excluding hydrogens is 172 g/mol. The van der Waals surface area contributed by atoms with E-state index < -0.39 is 6.43 Å². The Kier molecular flexibility index (Phi) is 3.52. The minimum Gasteiger partial charge on any atom is -0.297 e.